The summed E-state index contributed by atoms with van der Waals surface area (Å²) in [7, 11) is 3.02. The second-order valence-corrected chi connectivity index (χ2v) is 10.2. The van der Waals surface area contributed by atoms with Crippen LogP contribution < -0.4 is 21.7 Å². The number of ether oxygens (including phenoxy) is 2. The lowest BCUT2D eigenvalue weighted by Crippen LogP contribution is -2.36. The van der Waals surface area contributed by atoms with Crippen molar-refractivity contribution in [2.75, 3.05) is 6.54 Å². The van der Waals surface area contributed by atoms with Gasteiger partial charge in [-0.3, -0.25) is 13.9 Å². The number of nitrogens with two attached hydrogens (primary N) is 1. The monoisotopic (exact) mass is 599 g/mol. The van der Waals surface area contributed by atoms with Gasteiger partial charge in [0.1, 0.15) is 34.3 Å². The molecule has 0 fully saturated rings. The molecule has 6 N–H and O–H groups in total. The Hall–Kier alpha value is -5.89. The molecule has 2 aliphatic rings. The highest BCUT2D eigenvalue weighted by molar-refractivity contribution is 6.06. The SMILES string of the molecule is Cn1c(=O)c2[nH]c(CCN)nc2n(C)c1=O.O=C(O)c1cccc2c1C(=O)OC21c2ccc(O)cc2Oc2cc(O)ccc21. The van der Waals surface area contributed by atoms with Crippen LogP contribution in [0.25, 0.3) is 11.2 Å². The van der Waals surface area contributed by atoms with Crippen molar-refractivity contribution >= 4 is 23.1 Å². The number of carbonyl (C=O) groups is 2. The van der Waals surface area contributed by atoms with Crippen LogP contribution in [-0.2, 0) is 30.9 Å². The molecule has 224 valence electrons. The van der Waals surface area contributed by atoms with E-state index < -0.39 is 17.5 Å². The van der Waals surface area contributed by atoms with Crippen molar-refractivity contribution < 1.29 is 34.4 Å². The minimum Gasteiger partial charge on any atom is -0.508 e. The van der Waals surface area contributed by atoms with Crippen molar-refractivity contribution in [2.24, 2.45) is 19.8 Å². The molecule has 7 rings (SSSR count). The van der Waals surface area contributed by atoms with E-state index in [2.05, 4.69) is 9.97 Å². The Balaban J connectivity index is 0.000000182. The summed E-state index contributed by atoms with van der Waals surface area (Å²) in [6, 6.07) is 13.3. The average molecular weight is 600 g/mol. The number of aryl methyl sites for hydroxylation is 1. The van der Waals surface area contributed by atoms with Gasteiger partial charge in [0.15, 0.2) is 11.2 Å². The lowest BCUT2D eigenvalue weighted by molar-refractivity contribution is 0.0222. The molecule has 0 saturated carbocycles. The van der Waals surface area contributed by atoms with Gasteiger partial charge in [-0.1, -0.05) is 12.1 Å². The third kappa shape index (κ3) is 4.11. The quantitative estimate of drug-likeness (QED) is 0.189. The van der Waals surface area contributed by atoms with Crippen molar-refractivity contribution in [3.63, 3.8) is 0 Å². The van der Waals surface area contributed by atoms with E-state index in [-0.39, 0.29) is 45.4 Å². The maximum Gasteiger partial charge on any atom is 0.341 e. The van der Waals surface area contributed by atoms with E-state index in [4.69, 9.17) is 15.2 Å². The number of aromatic amines is 1. The van der Waals surface area contributed by atoms with Gasteiger partial charge in [0, 0.05) is 49.3 Å². The maximum atomic E-state index is 12.8. The third-order valence-electron chi connectivity index (χ3n) is 7.56. The zero-order valence-electron chi connectivity index (χ0n) is 23.3. The number of hydrogen-bond donors (Lipinski definition) is 5. The number of rotatable bonds is 3. The van der Waals surface area contributed by atoms with Crippen molar-refractivity contribution in [3.8, 4) is 23.0 Å². The number of phenolic OH excluding ortho intramolecular Hbond substituents is 2. The van der Waals surface area contributed by atoms with E-state index in [0.29, 0.717) is 46.6 Å². The molecular weight excluding hydrogens is 574 g/mol. The number of esters is 1. The van der Waals surface area contributed by atoms with E-state index in [9.17, 15) is 34.5 Å². The number of H-pyrrole nitrogens is 1. The Labute approximate surface area is 247 Å². The van der Waals surface area contributed by atoms with Crippen LogP contribution >= 0.6 is 0 Å². The summed E-state index contributed by atoms with van der Waals surface area (Å²) < 4.78 is 14.1. The molecule has 1 spiro atoms. The number of fused-ring (bicyclic) bond motifs is 7. The second-order valence-electron chi connectivity index (χ2n) is 10.2. The summed E-state index contributed by atoms with van der Waals surface area (Å²) >= 11 is 0. The Morgan fingerprint density at radius 3 is 2.18 bits per heavy atom. The summed E-state index contributed by atoms with van der Waals surface area (Å²) in [5, 5.41) is 29.3. The van der Waals surface area contributed by atoms with E-state index in [1.165, 1.54) is 41.9 Å². The molecule has 4 heterocycles. The lowest BCUT2D eigenvalue weighted by atomic mass is 9.77. The molecule has 0 amide bonds. The fourth-order valence-corrected chi connectivity index (χ4v) is 5.55. The van der Waals surface area contributed by atoms with Crippen LogP contribution in [0.1, 0.15) is 43.2 Å². The number of aromatic carboxylic acids is 1. The minimum atomic E-state index is -1.46. The lowest BCUT2D eigenvalue weighted by Gasteiger charge is -2.36. The van der Waals surface area contributed by atoms with Gasteiger partial charge in [-0.25, -0.2) is 19.4 Å². The summed E-state index contributed by atoms with van der Waals surface area (Å²) in [5.74, 6) is -1.03. The minimum absolute atomic E-state index is 0.0325. The largest absolute Gasteiger partial charge is 0.508 e. The molecule has 0 unspecified atom stereocenters. The highest BCUT2D eigenvalue weighted by Gasteiger charge is 2.54. The van der Waals surface area contributed by atoms with Gasteiger partial charge >= 0.3 is 17.6 Å². The van der Waals surface area contributed by atoms with E-state index in [0.717, 1.165) is 4.57 Å². The number of phenols is 2. The molecule has 0 saturated heterocycles. The van der Waals surface area contributed by atoms with E-state index in [1.807, 2.05) is 0 Å². The first kappa shape index (κ1) is 28.2. The van der Waals surface area contributed by atoms with Crippen molar-refractivity contribution in [1.82, 2.24) is 19.1 Å². The molecule has 14 nitrogen and oxygen atoms in total. The van der Waals surface area contributed by atoms with Gasteiger partial charge in [0.25, 0.3) is 5.56 Å². The summed E-state index contributed by atoms with van der Waals surface area (Å²) in [6.07, 6.45) is 0.548. The predicted octanol–water partition coefficient (Wildman–Crippen LogP) is 1.83. The first-order valence-electron chi connectivity index (χ1n) is 13.3. The summed E-state index contributed by atoms with van der Waals surface area (Å²) in [5.41, 5.74) is 4.96. The number of benzene rings is 3. The predicted molar refractivity (Wildman–Crippen MR) is 154 cm³/mol. The number of imidazole rings is 1. The molecular formula is C30H25N5O9. The normalized spacial score (nSPS) is 13.8. The van der Waals surface area contributed by atoms with Crippen molar-refractivity contribution in [1.29, 1.82) is 0 Å². The zero-order valence-corrected chi connectivity index (χ0v) is 23.3. The number of hydrogen-bond acceptors (Lipinski definition) is 10. The number of carboxylic acids is 1. The number of aromatic hydroxyl groups is 2. The van der Waals surface area contributed by atoms with Crippen LogP contribution in [0.2, 0.25) is 0 Å². The number of carboxylic acid groups (broad SMARTS) is 1. The fraction of sp³-hybridized carbons (Fsp3) is 0.167. The Morgan fingerprint density at radius 2 is 1.59 bits per heavy atom. The molecule has 0 aliphatic carbocycles. The van der Waals surface area contributed by atoms with Gasteiger partial charge in [0.2, 0.25) is 0 Å². The summed E-state index contributed by atoms with van der Waals surface area (Å²) in [4.78, 5) is 54.9. The molecule has 44 heavy (non-hydrogen) atoms. The van der Waals surface area contributed by atoms with Gasteiger partial charge in [0.05, 0.1) is 11.1 Å². The smallest absolute Gasteiger partial charge is 0.341 e. The van der Waals surface area contributed by atoms with Crippen LogP contribution in [-0.4, -0.2) is 52.9 Å². The van der Waals surface area contributed by atoms with Crippen LogP contribution in [0.15, 0.2) is 64.2 Å². The molecule has 2 aliphatic heterocycles. The van der Waals surface area contributed by atoms with Gasteiger partial charge in [-0.15, -0.1) is 0 Å². The standard InChI is InChI=1S/C21H12O7.C9H13N5O2/c22-10-4-6-13-16(8-10)27-17-9-11(23)5-7-14(17)21(13)15-3-1-2-12(19(24)25)18(15)20(26)28-21;1-13-7-6(8(15)14(2)9(13)16)11-5(12-7)3-4-10/h1-9,22-23H,(H,24,25);3-4,10H2,1-2H3,(H,11,12). The highest BCUT2D eigenvalue weighted by Crippen LogP contribution is 2.57. The van der Waals surface area contributed by atoms with Crippen LogP contribution in [0.5, 0.6) is 23.0 Å². The number of aromatic nitrogens is 4. The molecule has 3 aromatic carbocycles. The number of nitrogens with one attached hydrogen (secondary N) is 1. The van der Waals surface area contributed by atoms with E-state index >= 15 is 0 Å². The highest BCUT2D eigenvalue weighted by atomic mass is 16.6. The fourth-order valence-electron chi connectivity index (χ4n) is 5.55. The molecule has 14 heteroatoms. The molecule has 0 bridgehead atoms. The first-order valence-corrected chi connectivity index (χ1v) is 13.3. The van der Waals surface area contributed by atoms with Gasteiger partial charge < -0.3 is 35.5 Å². The van der Waals surface area contributed by atoms with Crippen LogP contribution in [0.3, 0.4) is 0 Å². The molecule has 2 aromatic heterocycles. The van der Waals surface area contributed by atoms with Gasteiger partial charge in [-0.2, -0.15) is 0 Å². The summed E-state index contributed by atoms with van der Waals surface area (Å²) in [6.45, 7) is 0.439. The molecule has 0 atom stereocenters. The Bertz CT molecular complexity index is 2090. The van der Waals surface area contributed by atoms with Crippen LogP contribution in [0, 0.1) is 0 Å². The second kappa shape index (κ2) is 10.1. The van der Waals surface area contributed by atoms with Crippen molar-refractivity contribution in [3.05, 3.63) is 109 Å². The number of carbonyl (C=O) groups excluding carboxylic acids is 1. The van der Waals surface area contributed by atoms with E-state index in [1.54, 1.807) is 31.3 Å². The number of nitrogens with zero attached hydrogens (tertiary/aromatic N) is 3. The first-order chi connectivity index (χ1) is 21.0. The maximum absolute atomic E-state index is 12.8. The average Bonchev–Trinajstić information content (AvgIpc) is 3.55. The Kier molecular flexibility index (Phi) is 6.50. The van der Waals surface area contributed by atoms with Crippen molar-refractivity contribution in [2.45, 2.75) is 12.0 Å². The Morgan fingerprint density at radius 1 is 0.955 bits per heavy atom. The molecule has 0 radical (unpaired) electrons. The zero-order chi connectivity index (χ0) is 31.5. The third-order valence-corrected chi connectivity index (χ3v) is 7.56. The molecule has 5 aromatic rings. The van der Waals surface area contributed by atoms with Gasteiger partial charge in [-0.05, 0) is 36.9 Å². The topological polar surface area (TPSA) is 212 Å². The van der Waals surface area contributed by atoms with Crippen LogP contribution in [0.4, 0.5) is 0 Å².